The van der Waals surface area contributed by atoms with Crippen molar-refractivity contribution in [1.82, 2.24) is 29.9 Å². The summed E-state index contributed by atoms with van der Waals surface area (Å²) in [6.07, 6.45) is 3.68. The number of carbonyl (C=O) groups is 1. The number of hydrogen-bond donors (Lipinski definition) is 0. The van der Waals surface area contributed by atoms with Crippen molar-refractivity contribution >= 4 is 28.8 Å². The van der Waals surface area contributed by atoms with Crippen LogP contribution in [0.1, 0.15) is 19.8 Å². The molecule has 1 aliphatic heterocycles. The van der Waals surface area contributed by atoms with Gasteiger partial charge in [0.05, 0.1) is 5.75 Å². The highest BCUT2D eigenvalue weighted by atomic mass is 32.2. The number of aromatic nitrogens is 5. The van der Waals surface area contributed by atoms with Crippen LogP contribution in [0.15, 0.2) is 11.4 Å². The Morgan fingerprint density at radius 3 is 2.90 bits per heavy atom. The minimum atomic E-state index is 0.169. The van der Waals surface area contributed by atoms with Crippen molar-refractivity contribution in [2.24, 2.45) is 13.0 Å². The third-order valence-electron chi connectivity index (χ3n) is 3.82. The van der Waals surface area contributed by atoms with E-state index in [-0.39, 0.29) is 5.91 Å². The molecule has 0 bridgehead atoms. The number of piperidine rings is 1. The smallest absolute Gasteiger partial charge is 0.232 e. The van der Waals surface area contributed by atoms with Crippen molar-refractivity contribution in [3.8, 4) is 0 Å². The Labute approximate surface area is 127 Å². The van der Waals surface area contributed by atoms with Crippen LogP contribution in [0.25, 0.3) is 11.2 Å². The third-order valence-corrected chi connectivity index (χ3v) is 4.79. The van der Waals surface area contributed by atoms with Crippen LogP contribution in [0.5, 0.6) is 0 Å². The van der Waals surface area contributed by atoms with Crippen LogP contribution in [-0.2, 0) is 11.8 Å². The highest BCUT2D eigenvalue weighted by Gasteiger charge is 2.21. The van der Waals surface area contributed by atoms with E-state index in [0.717, 1.165) is 31.8 Å². The minimum absolute atomic E-state index is 0.169. The molecule has 1 aliphatic rings. The molecule has 0 spiro atoms. The van der Waals surface area contributed by atoms with Crippen LogP contribution in [-0.4, -0.2) is 54.6 Å². The molecule has 0 N–H and O–H groups in total. The minimum Gasteiger partial charge on any atom is -0.342 e. The predicted octanol–water partition coefficient (Wildman–Crippen LogP) is 1.11. The van der Waals surface area contributed by atoms with Gasteiger partial charge in [-0.3, -0.25) is 4.79 Å². The molecule has 3 rings (SSSR count). The van der Waals surface area contributed by atoms with Crippen LogP contribution in [0.4, 0.5) is 0 Å². The second-order valence-corrected chi connectivity index (χ2v) is 6.38. The number of likely N-dealkylation sites (tertiary alicyclic amines) is 1. The number of thioether (sulfide) groups is 1. The van der Waals surface area contributed by atoms with E-state index >= 15 is 0 Å². The van der Waals surface area contributed by atoms with Gasteiger partial charge in [0.25, 0.3) is 0 Å². The van der Waals surface area contributed by atoms with Crippen LogP contribution in [0.3, 0.4) is 0 Å². The first-order chi connectivity index (χ1) is 10.1. The third kappa shape index (κ3) is 2.99. The van der Waals surface area contributed by atoms with E-state index < -0.39 is 0 Å². The fraction of sp³-hybridized carbons (Fsp3) is 0.615. The van der Waals surface area contributed by atoms with E-state index in [1.165, 1.54) is 18.1 Å². The van der Waals surface area contributed by atoms with Gasteiger partial charge in [-0.1, -0.05) is 23.9 Å². The lowest BCUT2D eigenvalue weighted by Crippen LogP contribution is -2.38. The average Bonchev–Trinajstić information content (AvgIpc) is 2.88. The summed E-state index contributed by atoms with van der Waals surface area (Å²) >= 11 is 1.41. The monoisotopic (exact) mass is 306 g/mol. The molecule has 0 aromatic carbocycles. The zero-order chi connectivity index (χ0) is 14.8. The first kappa shape index (κ1) is 14.2. The van der Waals surface area contributed by atoms with Gasteiger partial charge in [0.15, 0.2) is 11.2 Å². The van der Waals surface area contributed by atoms with Gasteiger partial charge in [0.2, 0.25) is 5.91 Å². The topological polar surface area (TPSA) is 76.8 Å². The van der Waals surface area contributed by atoms with E-state index in [2.05, 4.69) is 27.2 Å². The van der Waals surface area contributed by atoms with Gasteiger partial charge in [-0.05, 0) is 18.8 Å². The fourth-order valence-electron chi connectivity index (χ4n) is 2.42. The van der Waals surface area contributed by atoms with Gasteiger partial charge < -0.3 is 4.90 Å². The predicted molar refractivity (Wildman–Crippen MR) is 79.8 cm³/mol. The number of rotatable bonds is 3. The Bertz CT molecular complexity index is 649. The SMILES string of the molecule is CC1CCN(C(=O)CSc2ncnc3c2nnn3C)CC1. The van der Waals surface area contributed by atoms with Crippen LogP contribution in [0, 0.1) is 5.92 Å². The summed E-state index contributed by atoms with van der Waals surface area (Å²) < 4.78 is 1.61. The maximum atomic E-state index is 12.2. The van der Waals surface area contributed by atoms with Gasteiger partial charge in [-0.2, -0.15) is 0 Å². The van der Waals surface area contributed by atoms with E-state index in [9.17, 15) is 4.79 Å². The maximum Gasteiger partial charge on any atom is 0.232 e. The first-order valence-electron chi connectivity index (χ1n) is 7.06. The van der Waals surface area contributed by atoms with Crippen LogP contribution < -0.4 is 0 Å². The number of carbonyl (C=O) groups excluding carboxylic acids is 1. The van der Waals surface area contributed by atoms with Gasteiger partial charge in [0, 0.05) is 20.1 Å². The molecule has 1 amide bonds. The lowest BCUT2D eigenvalue weighted by Gasteiger charge is -2.30. The molecule has 0 unspecified atom stereocenters. The highest BCUT2D eigenvalue weighted by molar-refractivity contribution is 8.00. The molecule has 2 aromatic heterocycles. The number of nitrogens with zero attached hydrogens (tertiary/aromatic N) is 6. The van der Waals surface area contributed by atoms with Crippen molar-refractivity contribution in [1.29, 1.82) is 0 Å². The maximum absolute atomic E-state index is 12.2. The molecular weight excluding hydrogens is 288 g/mol. The fourth-order valence-corrected chi connectivity index (χ4v) is 3.25. The molecule has 112 valence electrons. The summed E-state index contributed by atoms with van der Waals surface area (Å²) in [4.78, 5) is 22.5. The van der Waals surface area contributed by atoms with Crippen molar-refractivity contribution in [2.45, 2.75) is 24.8 Å². The van der Waals surface area contributed by atoms with Gasteiger partial charge >= 0.3 is 0 Å². The standard InChI is InChI=1S/C13H18N6OS/c1-9-3-5-19(6-4-9)10(20)7-21-13-11-12(14-8-15-13)18(2)17-16-11/h8-9H,3-7H2,1-2H3. The van der Waals surface area contributed by atoms with Gasteiger partial charge in [-0.15, -0.1) is 5.10 Å². The molecule has 7 nitrogen and oxygen atoms in total. The molecule has 0 radical (unpaired) electrons. The Hall–Kier alpha value is -1.70. The van der Waals surface area contributed by atoms with E-state index in [4.69, 9.17) is 0 Å². The van der Waals surface area contributed by atoms with Crippen LogP contribution >= 0.6 is 11.8 Å². The Morgan fingerprint density at radius 1 is 1.38 bits per heavy atom. The quantitative estimate of drug-likeness (QED) is 0.624. The molecule has 3 heterocycles. The lowest BCUT2D eigenvalue weighted by atomic mass is 9.99. The molecule has 21 heavy (non-hydrogen) atoms. The number of aryl methyl sites for hydroxylation is 1. The lowest BCUT2D eigenvalue weighted by molar-refractivity contribution is -0.129. The summed E-state index contributed by atoms with van der Waals surface area (Å²) in [5.74, 6) is 1.28. The van der Waals surface area contributed by atoms with Gasteiger partial charge in [0.1, 0.15) is 11.4 Å². The molecule has 0 aliphatic carbocycles. The Balaban J connectivity index is 1.65. The van der Waals surface area contributed by atoms with Crippen LogP contribution in [0.2, 0.25) is 0 Å². The summed E-state index contributed by atoms with van der Waals surface area (Å²) in [6.45, 7) is 3.97. The Morgan fingerprint density at radius 2 is 2.14 bits per heavy atom. The van der Waals surface area contributed by atoms with E-state index in [1.807, 2.05) is 4.90 Å². The van der Waals surface area contributed by atoms with E-state index in [1.54, 1.807) is 11.7 Å². The molecule has 1 fully saturated rings. The number of amides is 1. The normalized spacial score (nSPS) is 16.6. The second kappa shape index (κ2) is 5.97. The molecule has 2 aromatic rings. The van der Waals surface area contributed by atoms with Crippen molar-refractivity contribution in [3.63, 3.8) is 0 Å². The van der Waals surface area contributed by atoms with Crippen molar-refractivity contribution in [2.75, 3.05) is 18.8 Å². The zero-order valence-electron chi connectivity index (χ0n) is 12.2. The molecule has 0 atom stereocenters. The zero-order valence-corrected chi connectivity index (χ0v) is 13.0. The molecular formula is C13H18N6OS. The second-order valence-electron chi connectivity index (χ2n) is 5.42. The van der Waals surface area contributed by atoms with Gasteiger partial charge in [-0.25, -0.2) is 14.6 Å². The van der Waals surface area contributed by atoms with E-state index in [0.29, 0.717) is 21.9 Å². The summed E-state index contributed by atoms with van der Waals surface area (Å²) in [6, 6.07) is 0. The average molecular weight is 306 g/mol. The highest BCUT2D eigenvalue weighted by Crippen LogP contribution is 2.23. The molecule has 0 saturated carbocycles. The van der Waals surface area contributed by atoms with Crippen molar-refractivity contribution in [3.05, 3.63) is 6.33 Å². The first-order valence-corrected chi connectivity index (χ1v) is 8.04. The number of fused-ring (bicyclic) bond motifs is 1. The molecule has 1 saturated heterocycles. The Kier molecular flexibility index (Phi) is 4.05. The summed E-state index contributed by atoms with van der Waals surface area (Å²) in [5.41, 5.74) is 1.34. The summed E-state index contributed by atoms with van der Waals surface area (Å²) in [5, 5.41) is 8.71. The molecule has 8 heteroatoms. The summed E-state index contributed by atoms with van der Waals surface area (Å²) in [7, 11) is 1.79. The number of hydrogen-bond acceptors (Lipinski definition) is 6. The van der Waals surface area contributed by atoms with Crippen molar-refractivity contribution < 1.29 is 4.79 Å². The largest absolute Gasteiger partial charge is 0.342 e.